The van der Waals surface area contributed by atoms with Gasteiger partial charge in [0, 0.05) is 13.1 Å². The Hall–Kier alpha value is 5.95. The molecular formula is C10H40Br4K4N2O16. The van der Waals surface area contributed by atoms with Crippen LogP contribution < -0.4 is 11.5 Å². The van der Waals surface area contributed by atoms with Crippen molar-refractivity contribution in [2.45, 2.75) is 0 Å². The number of carboxylic acid groups (broad SMARTS) is 4. The van der Waals surface area contributed by atoms with E-state index in [9.17, 15) is 19.2 Å². The molecule has 0 rings (SSSR count). The van der Waals surface area contributed by atoms with Crippen LogP contribution in [0.3, 0.4) is 0 Å². The minimum absolute atomic E-state index is 0. The van der Waals surface area contributed by atoms with Crippen LogP contribution >= 0.6 is 63.7 Å². The van der Waals surface area contributed by atoms with Crippen LogP contribution in [0.1, 0.15) is 0 Å². The Balaban J connectivity index is -0.00000000773. The van der Waals surface area contributed by atoms with Crippen molar-refractivity contribution in [1.29, 1.82) is 0 Å². The molecule has 0 saturated carbocycles. The van der Waals surface area contributed by atoms with Gasteiger partial charge in [0.1, 0.15) is 21.3 Å². The molecule has 0 atom stereocenters. The maximum atomic E-state index is 9.32. The van der Waals surface area contributed by atoms with Gasteiger partial charge in [0.15, 0.2) is 0 Å². The number of alkyl halides is 4. The molecule has 0 aliphatic carbocycles. The molecule has 0 amide bonds. The molecule has 0 aliphatic heterocycles. The quantitative estimate of drug-likeness (QED) is 0.112. The Morgan fingerprint density at radius 2 is 0.472 bits per heavy atom. The van der Waals surface area contributed by atoms with E-state index < -0.39 is 23.9 Å². The van der Waals surface area contributed by atoms with E-state index in [4.69, 9.17) is 31.9 Å². The van der Waals surface area contributed by atoms with Crippen molar-refractivity contribution in [3.05, 3.63) is 0 Å². The summed E-state index contributed by atoms with van der Waals surface area (Å²) in [6.45, 7) is 1.19. The summed E-state index contributed by atoms with van der Waals surface area (Å²) < 4.78 is 0. The van der Waals surface area contributed by atoms with E-state index in [2.05, 4.69) is 63.7 Å². The second kappa shape index (κ2) is 114. The molecule has 0 aromatic carbocycles. The third-order valence-electron chi connectivity index (χ3n) is 0.624. The molecule has 0 bridgehead atoms. The van der Waals surface area contributed by atoms with Gasteiger partial charge in [-0.15, -0.1) is 0 Å². The first-order chi connectivity index (χ1) is 11.0. The average Bonchev–Trinajstić information content (AvgIpc) is 2.56. The van der Waals surface area contributed by atoms with Crippen molar-refractivity contribution in [3.63, 3.8) is 0 Å². The molecule has 0 heterocycles. The summed E-state index contributed by atoms with van der Waals surface area (Å²) in [4.78, 5) is 37.3. The Bertz CT molecular complexity index is 291. The van der Waals surface area contributed by atoms with E-state index >= 15 is 0 Å². The SMILES string of the molecule is NCCN.O.O.O.O.O.O.O.O.O=C(O)CBr.O=C(O)CBr.O=C(O)CBr.O=C(O)CBr.[KH].[KH].[KH].[KH]. The number of halogens is 4. The Kier molecular flexibility index (Phi) is 358. The summed E-state index contributed by atoms with van der Waals surface area (Å²) in [5.74, 6) is -3.31. The van der Waals surface area contributed by atoms with Crippen molar-refractivity contribution < 1.29 is 83.4 Å². The normalized spacial score (nSPS) is 4.94. The first-order valence-electron chi connectivity index (χ1n) is 5.51. The van der Waals surface area contributed by atoms with Gasteiger partial charge in [0.25, 0.3) is 0 Å². The number of carbonyl (C=O) groups is 4. The molecule has 218 valence electrons. The van der Waals surface area contributed by atoms with Gasteiger partial charge >= 0.3 is 229 Å². The number of nitrogens with two attached hydrogens (primary N) is 2. The zero-order valence-corrected chi connectivity index (χ0v) is 22.7. The summed E-state index contributed by atoms with van der Waals surface area (Å²) >= 11 is 10.9. The van der Waals surface area contributed by atoms with Crippen LogP contribution in [0.5, 0.6) is 0 Å². The van der Waals surface area contributed by atoms with Crippen LogP contribution in [-0.4, -0.2) is 328 Å². The number of hydrogen-bond donors (Lipinski definition) is 6. The van der Waals surface area contributed by atoms with Crippen LogP contribution in [0.15, 0.2) is 0 Å². The fourth-order valence-corrected chi connectivity index (χ4v) is 0. The van der Waals surface area contributed by atoms with Gasteiger partial charge in [-0.2, -0.15) is 0 Å². The predicted octanol–water partition coefficient (Wildman–Crippen LogP) is -8.42. The van der Waals surface area contributed by atoms with E-state index in [0.717, 1.165) is 0 Å². The van der Waals surface area contributed by atoms with E-state index in [1.165, 1.54) is 0 Å². The average molecular weight is 920 g/mol. The maximum absolute atomic E-state index is 9.32. The predicted molar refractivity (Wildman–Crippen MR) is 161 cm³/mol. The molecule has 0 fully saturated rings. The minimum atomic E-state index is -0.829. The first-order valence-corrected chi connectivity index (χ1v) is 10.00. The molecule has 0 saturated heterocycles. The van der Waals surface area contributed by atoms with Gasteiger partial charge < -0.3 is 75.7 Å². The Labute approximate surface area is 412 Å². The molecule has 24 N–H and O–H groups in total. The fraction of sp³-hybridized carbons (Fsp3) is 0.600. The van der Waals surface area contributed by atoms with Gasteiger partial charge in [-0.25, -0.2) is 0 Å². The second-order valence-electron chi connectivity index (χ2n) is 2.69. The van der Waals surface area contributed by atoms with Crippen molar-refractivity contribution in [2.24, 2.45) is 11.5 Å². The van der Waals surface area contributed by atoms with Crippen molar-refractivity contribution >= 4 is 293 Å². The van der Waals surface area contributed by atoms with Crippen LogP contribution in [0.4, 0.5) is 0 Å². The van der Waals surface area contributed by atoms with Crippen LogP contribution in [0.2, 0.25) is 0 Å². The van der Waals surface area contributed by atoms with E-state index in [-0.39, 0.29) is 271 Å². The van der Waals surface area contributed by atoms with E-state index in [1.807, 2.05) is 0 Å². The summed E-state index contributed by atoms with van der Waals surface area (Å²) in [6.07, 6.45) is 0. The molecule has 0 unspecified atom stereocenters. The molecule has 18 nitrogen and oxygen atoms in total. The molecule has 0 aromatic heterocycles. The third kappa shape index (κ3) is 271. The van der Waals surface area contributed by atoms with Gasteiger partial charge in [-0.1, -0.05) is 63.7 Å². The molecule has 0 aromatic rings. The Morgan fingerprint density at radius 1 is 0.417 bits per heavy atom. The molecular weight excluding hydrogens is 880 g/mol. The van der Waals surface area contributed by atoms with Crippen molar-refractivity contribution in [3.8, 4) is 0 Å². The van der Waals surface area contributed by atoms with Crippen molar-refractivity contribution in [1.82, 2.24) is 0 Å². The first kappa shape index (κ1) is 113. The van der Waals surface area contributed by atoms with Gasteiger partial charge in [-0.3, -0.25) is 19.2 Å². The summed E-state index contributed by atoms with van der Waals surface area (Å²) in [5.41, 5.74) is 9.81. The number of hydrogen-bond acceptors (Lipinski definition) is 6. The molecule has 36 heavy (non-hydrogen) atoms. The summed E-state index contributed by atoms with van der Waals surface area (Å²) in [6, 6.07) is 0. The molecule has 0 aliphatic rings. The van der Waals surface area contributed by atoms with Gasteiger partial charge in [-0.05, 0) is 0 Å². The number of rotatable bonds is 5. The van der Waals surface area contributed by atoms with Crippen LogP contribution in [0.25, 0.3) is 0 Å². The van der Waals surface area contributed by atoms with Crippen LogP contribution in [0, 0.1) is 0 Å². The van der Waals surface area contributed by atoms with E-state index in [0.29, 0.717) is 13.1 Å². The van der Waals surface area contributed by atoms with Crippen molar-refractivity contribution in [2.75, 3.05) is 34.4 Å². The third-order valence-corrected chi connectivity index (χ3v) is 2.54. The van der Waals surface area contributed by atoms with Crippen LogP contribution in [-0.2, 0) is 19.2 Å². The zero-order chi connectivity index (χ0) is 20.6. The number of aliphatic carboxylic acids is 4. The molecule has 0 spiro atoms. The monoisotopic (exact) mass is 916 g/mol. The summed E-state index contributed by atoms with van der Waals surface area (Å²) in [5, 5.41) is 30.8. The second-order valence-corrected chi connectivity index (χ2v) is 4.93. The van der Waals surface area contributed by atoms with E-state index in [1.54, 1.807) is 0 Å². The zero-order valence-electron chi connectivity index (χ0n) is 16.3. The number of carboxylic acids is 4. The topological polar surface area (TPSA) is 453 Å². The molecule has 0 radical (unpaired) electrons. The standard InChI is InChI=1S/4C2H3BrO2.C2H8N2.4K.8H2O.4H/c4*3-1-2(4)5;3-1-2-4;;;;;;;;;;;;;;;;/h4*1H2,(H,4,5);1-4H2;;;;;8*1H2;;;;. The van der Waals surface area contributed by atoms with Gasteiger partial charge in [0.05, 0.1) is 0 Å². The Morgan fingerprint density at radius 3 is 0.472 bits per heavy atom. The molecule has 26 heteroatoms. The van der Waals surface area contributed by atoms with Gasteiger partial charge in [0.2, 0.25) is 0 Å². The summed E-state index contributed by atoms with van der Waals surface area (Å²) in [7, 11) is 0. The fourth-order valence-electron chi connectivity index (χ4n) is 0.